The third-order valence-electron chi connectivity index (χ3n) is 3.55. The lowest BCUT2D eigenvalue weighted by Gasteiger charge is -2.46. The SMILES string of the molecule is CC1CN(C)CC(CCO)N1c1ccc(Cl)cc1. The summed E-state index contributed by atoms with van der Waals surface area (Å²) < 4.78 is 0. The summed E-state index contributed by atoms with van der Waals surface area (Å²) in [6.45, 7) is 4.50. The van der Waals surface area contributed by atoms with Crippen molar-refractivity contribution >= 4 is 17.3 Å². The topological polar surface area (TPSA) is 26.7 Å². The van der Waals surface area contributed by atoms with Crippen LogP contribution in [0.3, 0.4) is 0 Å². The van der Waals surface area contributed by atoms with Crippen LogP contribution in [0.4, 0.5) is 5.69 Å². The van der Waals surface area contributed by atoms with Crippen molar-refractivity contribution in [3.05, 3.63) is 29.3 Å². The molecule has 3 nitrogen and oxygen atoms in total. The zero-order valence-electron chi connectivity index (χ0n) is 11.0. The van der Waals surface area contributed by atoms with E-state index < -0.39 is 0 Å². The number of nitrogens with zero attached hydrogens (tertiary/aromatic N) is 2. The number of benzene rings is 1. The van der Waals surface area contributed by atoms with Crippen LogP contribution in [0.15, 0.2) is 24.3 Å². The van der Waals surface area contributed by atoms with E-state index in [9.17, 15) is 5.11 Å². The van der Waals surface area contributed by atoms with Gasteiger partial charge >= 0.3 is 0 Å². The molecule has 0 amide bonds. The molecule has 0 aromatic heterocycles. The van der Waals surface area contributed by atoms with Crippen molar-refractivity contribution in [3.63, 3.8) is 0 Å². The molecule has 0 radical (unpaired) electrons. The zero-order chi connectivity index (χ0) is 13.1. The van der Waals surface area contributed by atoms with Crippen LogP contribution in [0.5, 0.6) is 0 Å². The van der Waals surface area contributed by atoms with Crippen LogP contribution in [-0.4, -0.2) is 48.8 Å². The van der Waals surface area contributed by atoms with Crippen molar-refractivity contribution < 1.29 is 5.11 Å². The van der Waals surface area contributed by atoms with Gasteiger partial charge in [-0.05, 0) is 44.7 Å². The summed E-state index contributed by atoms with van der Waals surface area (Å²) in [5.74, 6) is 0. The van der Waals surface area contributed by atoms with Crippen molar-refractivity contribution in [3.8, 4) is 0 Å². The van der Waals surface area contributed by atoms with Crippen molar-refractivity contribution in [1.82, 2.24) is 4.90 Å². The van der Waals surface area contributed by atoms with Gasteiger partial charge in [0.1, 0.15) is 0 Å². The highest BCUT2D eigenvalue weighted by Crippen LogP contribution is 2.26. The van der Waals surface area contributed by atoms with Crippen molar-refractivity contribution in [2.75, 3.05) is 31.6 Å². The van der Waals surface area contributed by atoms with Crippen molar-refractivity contribution in [2.45, 2.75) is 25.4 Å². The number of aliphatic hydroxyl groups is 1. The Morgan fingerprint density at radius 1 is 1.28 bits per heavy atom. The third-order valence-corrected chi connectivity index (χ3v) is 3.81. The first-order chi connectivity index (χ1) is 8.61. The first-order valence-electron chi connectivity index (χ1n) is 6.45. The van der Waals surface area contributed by atoms with E-state index in [4.69, 9.17) is 11.6 Å². The molecule has 0 spiro atoms. The minimum absolute atomic E-state index is 0.231. The second-order valence-electron chi connectivity index (χ2n) is 5.12. The number of hydrogen-bond donors (Lipinski definition) is 1. The van der Waals surface area contributed by atoms with E-state index in [-0.39, 0.29) is 6.61 Å². The predicted molar refractivity (Wildman–Crippen MR) is 76.4 cm³/mol. The summed E-state index contributed by atoms with van der Waals surface area (Å²) in [6.07, 6.45) is 0.803. The van der Waals surface area contributed by atoms with E-state index in [2.05, 4.69) is 35.9 Å². The van der Waals surface area contributed by atoms with Gasteiger partial charge in [-0.1, -0.05) is 11.6 Å². The maximum Gasteiger partial charge on any atom is 0.0451 e. The van der Waals surface area contributed by atoms with Gasteiger partial charge in [-0.15, -0.1) is 0 Å². The lowest BCUT2D eigenvalue weighted by atomic mass is 10.0. The fourth-order valence-electron chi connectivity index (χ4n) is 2.88. The van der Waals surface area contributed by atoms with Crippen LogP contribution in [0.25, 0.3) is 0 Å². The Balaban J connectivity index is 2.23. The van der Waals surface area contributed by atoms with Crippen molar-refractivity contribution in [2.24, 2.45) is 0 Å². The Hall–Kier alpha value is -0.770. The molecule has 1 heterocycles. The van der Waals surface area contributed by atoms with Gasteiger partial charge in [-0.2, -0.15) is 0 Å². The van der Waals surface area contributed by atoms with Crippen LogP contribution in [0.1, 0.15) is 13.3 Å². The van der Waals surface area contributed by atoms with Crippen LogP contribution in [-0.2, 0) is 0 Å². The molecule has 1 fully saturated rings. The number of likely N-dealkylation sites (N-methyl/N-ethyl adjacent to an activating group) is 1. The minimum atomic E-state index is 0.231. The number of rotatable bonds is 3. The van der Waals surface area contributed by atoms with Gasteiger partial charge in [-0.25, -0.2) is 0 Å². The summed E-state index contributed by atoms with van der Waals surface area (Å²) in [6, 6.07) is 8.80. The molecule has 2 atom stereocenters. The summed E-state index contributed by atoms with van der Waals surface area (Å²) in [5, 5.41) is 10.00. The monoisotopic (exact) mass is 268 g/mol. The molecule has 0 bridgehead atoms. The molecule has 0 saturated carbocycles. The summed E-state index contributed by atoms with van der Waals surface area (Å²) >= 11 is 5.94. The Labute approximate surface area is 114 Å². The van der Waals surface area contributed by atoms with Crippen LogP contribution in [0, 0.1) is 0 Å². The second kappa shape index (κ2) is 5.91. The van der Waals surface area contributed by atoms with E-state index in [1.54, 1.807) is 0 Å². The molecular weight excluding hydrogens is 248 g/mol. The molecule has 18 heavy (non-hydrogen) atoms. The van der Waals surface area contributed by atoms with Gasteiger partial charge in [0.15, 0.2) is 0 Å². The Kier molecular flexibility index (Phi) is 4.49. The van der Waals surface area contributed by atoms with Crippen LogP contribution >= 0.6 is 11.6 Å². The molecule has 2 rings (SSSR count). The first-order valence-corrected chi connectivity index (χ1v) is 6.83. The zero-order valence-corrected chi connectivity index (χ0v) is 11.8. The van der Waals surface area contributed by atoms with E-state index in [1.807, 2.05) is 12.1 Å². The van der Waals surface area contributed by atoms with E-state index in [0.717, 1.165) is 24.5 Å². The summed E-state index contributed by atoms with van der Waals surface area (Å²) in [5.41, 5.74) is 1.19. The smallest absolute Gasteiger partial charge is 0.0451 e. The molecule has 1 saturated heterocycles. The molecular formula is C14H21ClN2O. The lowest BCUT2D eigenvalue weighted by molar-refractivity contribution is 0.198. The number of anilines is 1. The van der Waals surface area contributed by atoms with Gasteiger partial charge in [0.05, 0.1) is 0 Å². The molecule has 0 aliphatic carbocycles. The molecule has 1 N–H and O–H groups in total. The molecule has 4 heteroatoms. The Morgan fingerprint density at radius 3 is 2.56 bits per heavy atom. The molecule has 1 aromatic rings. The van der Waals surface area contributed by atoms with Gasteiger partial charge in [0, 0.05) is 42.5 Å². The summed E-state index contributed by atoms with van der Waals surface area (Å²) in [7, 11) is 2.14. The number of aliphatic hydroxyl groups excluding tert-OH is 1. The largest absolute Gasteiger partial charge is 0.396 e. The third kappa shape index (κ3) is 2.97. The average Bonchev–Trinajstić information content (AvgIpc) is 2.31. The Morgan fingerprint density at radius 2 is 1.94 bits per heavy atom. The number of halogens is 1. The van der Waals surface area contributed by atoms with Gasteiger partial charge in [-0.3, -0.25) is 0 Å². The average molecular weight is 269 g/mol. The van der Waals surface area contributed by atoms with E-state index in [0.29, 0.717) is 12.1 Å². The molecule has 1 aliphatic rings. The number of piperazine rings is 1. The summed E-state index contributed by atoms with van der Waals surface area (Å²) in [4.78, 5) is 4.74. The van der Waals surface area contributed by atoms with Crippen molar-refractivity contribution in [1.29, 1.82) is 0 Å². The molecule has 1 aliphatic heterocycles. The standard InChI is InChI=1S/C14H21ClN2O/c1-11-9-16(2)10-14(7-8-18)17(11)13-5-3-12(15)4-6-13/h3-6,11,14,18H,7-10H2,1-2H3. The molecule has 1 aromatic carbocycles. The van der Waals surface area contributed by atoms with Gasteiger partial charge in [0.2, 0.25) is 0 Å². The first kappa shape index (κ1) is 13.7. The van der Waals surface area contributed by atoms with E-state index >= 15 is 0 Å². The maximum absolute atomic E-state index is 9.23. The highest BCUT2D eigenvalue weighted by Gasteiger charge is 2.30. The molecule has 2 unspecified atom stereocenters. The van der Waals surface area contributed by atoms with Gasteiger partial charge < -0.3 is 14.9 Å². The quantitative estimate of drug-likeness (QED) is 0.911. The molecule has 100 valence electrons. The highest BCUT2D eigenvalue weighted by molar-refractivity contribution is 6.30. The number of hydrogen-bond acceptors (Lipinski definition) is 3. The van der Waals surface area contributed by atoms with Crippen LogP contribution < -0.4 is 4.90 Å². The minimum Gasteiger partial charge on any atom is -0.396 e. The normalized spacial score (nSPS) is 25.4. The second-order valence-corrected chi connectivity index (χ2v) is 5.56. The fourth-order valence-corrected chi connectivity index (χ4v) is 3.01. The lowest BCUT2D eigenvalue weighted by Crippen LogP contribution is -2.57. The van der Waals surface area contributed by atoms with Gasteiger partial charge in [0.25, 0.3) is 0 Å². The maximum atomic E-state index is 9.23. The predicted octanol–water partition coefficient (Wildman–Crippen LogP) is 2.23. The fraction of sp³-hybridized carbons (Fsp3) is 0.571. The van der Waals surface area contributed by atoms with Crippen LogP contribution in [0.2, 0.25) is 5.02 Å². The highest BCUT2D eigenvalue weighted by atomic mass is 35.5. The Bertz CT molecular complexity index is 382. The van der Waals surface area contributed by atoms with E-state index in [1.165, 1.54) is 5.69 Å².